The summed E-state index contributed by atoms with van der Waals surface area (Å²) in [5, 5.41) is 7.75. The maximum absolute atomic E-state index is 12.7. The third-order valence-corrected chi connectivity index (χ3v) is 4.94. The van der Waals surface area contributed by atoms with Gasteiger partial charge in [0.1, 0.15) is 12.4 Å². The quantitative estimate of drug-likeness (QED) is 0.255. The molecule has 0 aliphatic heterocycles. The number of pyridine rings is 1. The summed E-state index contributed by atoms with van der Waals surface area (Å²) >= 11 is 3.56. The number of hydrogen-bond acceptors (Lipinski definition) is 6. The Morgan fingerprint density at radius 1 is 1.44 bits per heavy atom. The monoisotopic (exact) mass is 501 g/mol. The molecule has 0 fully saturated rings. The van der Waals surface area contributed by atoms with Gasteiger partial charge in [-0.25, -0.2) is 0 Å². The molecule has 0 aliphatic rings. The van der Waals surface area contributed by atoms with E-state index < -0.39 is 11.0 Å². The molecule has 0 bridgehead atoms. The highest BCUT2D eigenvalue weighted by Crippen LogP contribution is 2.27. The number of thioether (sulfide) groups is 1. The fraction of sp³-hybridized carbons (Fsp3) is 0.421. The van der Waals surface area contributed by atoms with Crippen LogP contribution in [0.5, 0.6) is 5.75 Å². The predicted molar refractivity (Wildman–Crippen MR) is 119 cm³/mol. The van der Waals surface area contributed by atoms with Gasteiger partial charge in [-0.1, -0.05) is 5.16 Å². The van der Waals surface area contributed by atoms with E-state index in [0.717, 1.165) is 20.0 Å². The Balaban J connectivity index is 2.16. The largest absolute Gasteiger partial charge is 0.470 e. The minimum atomic E-state index is -0.683. The van der Waals surface area contributed by atoms with Crippen molar-refractivity contribution in [2.75, 3.05) is 12.9 Å². The van der Waals surface area contributed by atoms with Crippen LogP contribution in [0.15, 0.2) is 29.6 Å². The van der Waals surface area contributed by atoms with Crippen LogP contribution >= 0.6 is 34.4 Å². The lowest BCUT2D eigenvalue weighted by molar-refractivity contribution is -0.125. The zero-order chi connectivity index (χ0) is 20.0. The van der Waals surface area contributed by atoms with E-state index >= 15 is 0 Å². The van der Waals surface area contributed by atoms with E-state index in [9.17, 15) is 4.79 Å². The highest BCUT2D eigenvalue weighted by molar-refractivity contribution is 14.1. The number of halogens is 1. The van der Waals surface area contributed by atoms with E-state index in [4.69, 9.17) is 9.57 Å². The van der Waals surface area contributed by atoms with Crippen molar-refractivity contribution in [3.63, 3.8) is 0 Å². The van der Waals surface area contributed by atoms with Gasteiger partial charge in [-0.3, -0.25) is 9.78 Å². The standard InChI is InChI=1S/C19H24IN3O3S/c1-6-25-22-11-19(3,4)23-17(24)18(27-5)26-15-7-12(2)16-13(9-15)8-14(20)10-21-16/h7-11,18H,6H2,1-5H3,(H,23,24). The summed E-state index contributed by atoms with van der Waals surface area (Å²) < 4.78 is 7.02. The normalized spacial score (nSPS) is 13.0. The molecule has 1 unspecified atom stereocenters. The number of amides is 1. The highest BCUT2D eigenvalue weighted by Gasteiger charge is 2.26. The van der Waals surface area contributed by atoms with Gasteiger partial charge < -0.3 is 14.9 Å². The zero-order valence-corrected chi connectivity index (χ0v) is 19.1. The first-order valence-electron chi connectivity index (χ1n) is 8.49. The third-order valence-electron chi connectivity index (χ3n) is 3.61. The number of nitrogens with zero attached hydrogens (tertiary/aromatic N) is 2. The van der Waals surface area contributed by atoms with Gasteiger partial charge in [-0.05, 0) is 80.3 Å². The van der Waals surface area contributed by atoms with Crippen LogP contribution in [-0.4, -0.2) is 40.9 Å². The molecule has 0 spiro atoms. The van der Waals surface area contributed by atoms with E-state index in [2.05, 4.69) is 38.0 Å². The summed E-state index contributed by atoms with van der Waals surface area (Å²) in [6.45, 7) is 8.00. The molecule has 0 aliphatic carbocycles. The van der Waals surface area contributed by atoms with Crippen molar-refractivity contribution < 1.29 is 14.4 Å². The summed E-state index contributed by atoms with van der Waals surface area (Å²) in [5.41, 5.74) is 0.602. The second-order valence-corrected chi connectivity index (χ2v) is 8.66. The number of fused-ring (bicyclic) bond motifs is 1. The molecule has 27 heavy (non-hydrogen) atoms. The second kappa shape index (κ2) is 9.59. The minimum Gasteiger partial charge on any atom is -0.470 e. The second-order valence-electron chi connectivity index (χ2n) is 6.51. The van der Waals surface area contributed by atoms with Crippen LogP contribution in [0.1, 0.15) is 26.3 Å². The Kier molecular flexibility index (Phi) is 7.72. The number of carbonyl (C=O) groups is 1. The van der Waals surface area contributed by atoms with Crippen LogP contribution in [0.2, 0.25) is 0 Å². The van der Waals surface area contributed by atoms with Crippen LogP contribution in [0, 0.1) is 10.5 Å². The molecule has 1 N–H and O–H groups in total. The number of hydrogen-bond donors (Lipinski definition) is 1. The van der Waals surface area contributed by atoms with Gasteiger partial charge in [0.2, 0.25) is 5.44 Å². The molecular weight excluding hydrogens is 477 g/mol. The number of ether oxygens (including phenoxy) is 1. The highest BCUT2D eigenvalue weighted by atomic mass is 127. The molecule has 0 saturated carbocycles. The molecule has 1 atom stereocenters. The lowest BCUT2D eigenvalue weighted by atomic mass is 10.1. The maximum atomic E-state index is 12.7. The van der Waals surface area contributed by atoms with Gasteiger partial charge in [-0.15, -0.1) is 11.8 Å². The smallest absolute Gasteiger partial charge is 0.272 e. The summed E-state index contributed by atoms with van der Waals surface area (Å²) in [6, 6.07) is 5.86. The van der Waals surface area contributed by atoms with Crippen molar-refractivity contribution in [1.82, 2.24) is 10.3 Å². The Morgan fingerprint density at radius 2 is 2.19 bits per heavy atom. The van der Waals surface area contributed by atoms with Crippen LogP contribution < -0.4 is 10.1 Å². The third kappa shape index (κ3) is 6.24. The van der Waals surface area contributed by atoms with Crippen molar-refractivity contribution in [3.05, 3.63) is 33.5 Å². The van der Waals surface area contributed by atoms with Crippen molar-refractivity contribution in [1.29, 1.82) is 0 Å². The molecule has 2 aromatic rings. The van der Waals surface area contributed by atoms with Crippen molar-refractivity contribution >= 4 is 57.4 Å². The van der Waals surface area contributed by atoms with Gasteiger partial charge in [0, 0.05) is 15.2 Å². The Labute approximate surface area is 177 Å². The van der Waals surface area contributed by atoms with Crippen molar-refractivity contribution in [3.8, 4) is 5.75 Å². The lowest BCUT2D eigenvalue weighted by Gasteiger charge is -2.24. The number of benzene rings is 1. The molecule has 1 heterocycles. The Bertz CT molecular complexity index is 842. The first-order chi connectivity index (χ1) is 12.8. The van der Waals surface area contributed by atoms with E-state index in [0.29, 0.717) is 12.4 Å². The fourth-order valence-corrected chi connectivity index (χ4v) is 3.38. The average Bonchev–Trinajstić information content (AvgIpc) is 2.58. The van der Waals surface area contributed by atoms with E-state index in [1.807, 2.05) is 58.3 Å². The summed E-state index contributed by atoms with van der Waals surface area (Å²) in [5.74, 6) is 0.410. The van der Waals surface area contributed by atoms with Crippen molar-refractivity contribution in [2.24, 2.45) is 5.16 Å². The van der Waals surface area contributed by atoms with E-state index in [-0.39, 0.29) is 5.91 Å². The molecule has 8 heteroatoms. The fourth-order valence-electron chi connectivity index (χ4n) is 2.42. The number of nitrogens with one attached hydrogen (secondary N) is 1. The Morgan fingerprint density at radius 3 is 2.85 bits per heavy atom. The maximum Gasteiger partial charge on any atom is 0.272 e. The van der Waals surface area contributed by atoms with E-state index in [1.54, 1.807) is 6.21 Å². The first-order valence-corrected chi connectivity index (χ1v) is 10.9. The molecule has 1 amide bonds. The minimum absolute atomic E-state index is 0.228. The first kappa shape index (κ1) is 21.7. The molecule has 1 aromatic carbocycles. The molecule has 2 rings (SSSR count). The van der Waals surface area contributed by atoms with Gasteiger partial charge in [0.15, 0.2) is 0 Å². The number of rotatable bonds is 8. The molecule has 0 saturated heterocycles. The average molecular weight is 501 g/mol. The Hall–Kier alpha value is -1.55. The van der Waals surface area contributed by atoms with Crippen LogP contribution in [0.25, 0.3) is 10.9 Å². The summed E-state index contributed by atoms with van der Waals surface area (Å²) in [7, 11) is 0. The molecule has 1 aromatic heterocycles. The number of aromatic nitrogens is 1. The lowest BCUT2D eigenvalue weighted by Crippen LogP contribution is -2.49. The molecule has 0 radical (unpaired) electrons. The van der Waals surface area contributed by atoms with Crippen LogP contribution in [0.4, 0.5) is 0 Å². The van der Waals surface area contributed by atoms with Gasteiger partial charge >= 0.3 is 0 Å². The van der Waals surface area contributed by atoms with Crippen molar-refractivity contribution in [2.45, 2.75) is 38.7 Å². The SMILES string of the molecule is CCON=CC(C)(C)NC(=O)C(Oc1cc(C)c2ncc(I)cc2c1)SC. The van der Waals surface area contributed by atoms with E-state index in [1.165, 1.54) is 11.8 Å². The predicted octanol–water partition coefficient (Wildman–Crippen LogP) is 4.13. The topological polar surface area (TPSA) is 72.8 Å². The molecular formula is C19H24IN3O3S. The van der Waals surface area contributed by atoms with Gasteiger partial charge in [0.05, 0.1) is 17.3 Å². The summed E-state index contributed by atoms with van der Waals surface area (Å²) in [4.78, 5) is 22.1. The number of oxime groups is 1. The number of carbonyl (C=O) groups excluding carboxylic acids is 1. The van der Waals surface area contributed by atoms with Crippen LogP contribution in [-0.2, 0) is 9.63 Å². The van der Waals surface area contributed by atoms with Gasteiger partial charge in [0.25, 0.3) is 5.91 Å². The zero-order valence-electron chi connectivity index (χ0n) is 16.1. The summed E-state index contributed by atoms with van der Waals surface area (Å²) in [6.07, 6.45) is 5.24. The molecule has 146 valence electrons. The number of aryl methyl sites for hydroxylation is 1. The van der Waals surface area contributed by atoms with Crippen LogP contribution in [0.3, 0.4) is 0 Å². The molecule has 6 nitrogen and oxygen atoms in total. The van der Waals surface area contributed by atoms with Gasteiger partial charge in [-0.2, -0.15) is 0 Å².